The highest BCUT2D eigenvalue weighted by Crippen LogP contribution is 2.19. The molecule has 0 saturated carbocycles. The molecule has 6 heteroatoms. The van der Waals surface area contributed by atoms with Crippen LogP contribution >= 0.6 is 0 Å². The molecule has 2 N–H and O–H groups in total. The Morgan fingerprint density at radius 3 is 2.52 bits per heavy atom. The van der Waals surface area contributed by atoms with Gasteiger partial charge in [0.05, 0.1) is 5.92 Å². The van der Waals surface area contributed by atoms with Crippen molar-refractivity contribution in [3.63, 3.8) is 0 Å². The number of likely N-dealkylation sites (tertiary alicyclic amines) is 1. The lowest BCUT2D eigenvalue weighted by molar-refractivity contribution is -0.142. The van der Waals surface area contributed by atoms with E-state index in [1.54, 1.807) is 17.0 Å². The minimum absolute atomic E-state index is 0.0891. The largest absolute Gasteiger partial charge is 0.480 e. The summed E-state index contributed by atoms with van der Waals surface area (Å²) in [4.78, 5) is 37.2. The molecule has 1 fully saturated rings. The molecule has 1 aliphatic heterocycles. The molecule has 2 amide bonds. The van der Waals surface area contributed by atoms with Gasteiger partial charge in [0.25, 0.3) is 5.91 Å². The summed E-state index contributed by atoms with van der Waals surface area (Å²) in [6.45, 7) is 4.33. The van der Waals surface area contributed by atoms with E-state index in [0.717, 1.165) is 12.0 Å². The van der Waals surface area contributed by atoms with Crippen molar-refractivity contribution in [2.24, 2.45) is 5.92 Å². The van der Waals surface area contributed by atoms with Crippen molar-refractivity contribution in [3.05, 3.63) is 35.4 Å². The predicted molar refractivity (Wildman–Crippen MR) is 85.0 cm³/mol. The topological polar surface area (TPSA) is 86.7 Å². The van der Waals surface area contributed by atoms with Crippen molar-refractivity contribution in [3.8, 4) is 0 Å². The number of carbonyl (C=O) groups excluding carboxylic acids is 2. The Kier molecular flexibility index (Phi) is 5.36. The second kappa shape index (κ2) is 7.26. The zero-order valence-electron chi connectivity index (χ0n) is 13.4. The van der Waals surface area contributed by atoms with Gasteiger partial charge in [0.1, 0.15) is 6.04 Å². The van der Waals surface area contributed by atoms with Crippen LogP contribution in [0.3, 0.4) is 0 Å². The van der Waals surface area contributed by atoms with Crippen molar-refractivity contribution in [2.45, 2.75) is 32.7 Å². The first-order valence-electron chi connectivity index (χ1n) is 7.77. The lowest BCUT2D eigenvalue weighted by Gasteiger charge is -2.32. The van der Waals surface area contributed by atoms with E-state index >= 15 is 0 Å². The Balaban J connectivity index is 2.00. The fourth-order valence-electron chi connectivity index (χ4n) is 2.65. The quantitative estimate of drug-likeness (QED) is 0.879. The average Bonchev–Trinajstić information content (AvgIpc) is 2.54. The fourth-order valence-corrected chi connectivity index (χ4v) is 2.65. The summed E-state index contributed by atoms with van der Waals surface area (Å²) < 4.78 is 0. The highest BCUT2D eigenvalue weighted by molar-refractivity contribution is 5.95. The molecule has 2 rings (SSSR count). The number of rotatable bonds is 4. The molecule has 0 bridgehead atoms. The van der Waals surface area contributed by atoms with E-state index in [1.807, 2.05) is 19.1 Å². The van der Waals surface area contributed by atoms with Gasteiger partial charge in [0, 0.05) is 18.7 Å². The van der Waals surface area contributed by atoms with Gasteiger partial charge < -0.3 is 15.3 Å². The number of carbonyl (C=O) groups is 3. The number of aryl methyl sites for hydroxylation is 1. The van der Waals surface area contributed by atoms with Crippen LogP contribution in [0.1, 0.15) is 35.7 Å². The minimum atomic E-state index is -1.07. The summed E-state index contributed by atoms with van der Waals surface area (Å²) in [5, 5.41) is 11.3. The third-order valence-electron chi connectivity index (χ3n) is 4.11. The van der Waals surface area contributed by atoms with Gasteiger partial charge in [-0.2, -0.15) is 0 Å². The summed E-state index contributed by atoms with van der Waals surface area (Å²) >= 11 is 0. The van der Waals surface area contributed by atoms with Crippen LogP contribution in [-0.4, -0.2) is 46.9 Å². The molecule has 23 heavy (non-hydrogen) atoms. The number of hydrogen-bond donors (Lipinski definition) is 2. The van der Waals surface area contributed by atoms with Gasteiger partial charge in [0.2, 0.25) is 5.91 Å². The standard InChI is InChI=1S/C17H22N2O4/c1-11-5-7-13(8-6-11)16(21)19-9-3-4-14(10-19)15(20)18-12(2)17(22)23/h5-8,12,14H,3-4,9-10H2,1-2H3,(H,18,20)(H,22,23)/t12-,14?/m0/s1. The molecule has 124 valence electrons. The summed E-state index contributed by atoms with van der Waals surface area (Å²) in [6.07, 6.45) is 1.40. The van der Waals surface area contributed by atoms with Gasteiger partial charge in [0.15, 0.2) is 0 Å². The van der Waals surface area contributed by atoms with Crippen LogP contribution in [-0.2, 0) is 9.59 Å². The molecule has 2 atom stereocenters. The maximum absolute atomic E-state index is 12.5. The van der Waals surface area contributed by atoms with Crippen molar-refractivity contribution in [1.29, 1.82) is 0 Å². The Morgan fingerprint density at radius 2 is 1.91 bits per heavy atom. The highest BCUT2D eigenvalue weighted by Gasteiger charge is 2.30. The molecule has 1 unspecified atom stereocenters. The number of piperidine rings is 1. The third-order valence-corrected chi connectivity index (χ3v) is 4.11. The molecule has 0 aliphatic carbocycles. The molecule has 0 spiro atoms. The third kappa shape index (κ3) is 4.31. The Bertz CT molecular complexity index is 597. The lowest BCUT2D eigenvalue weighted by atomic mass is 9.96. The van der Waals surface area contributed by atoms with Crippen LogP contribution in [0.2, 0.25) is 0 Å². The van der Waals surface area contributed by atoms with E-state index in [0.29, 0.717) is 25.1 Å². The van der Waals surface area contributed by atoms with Crippen LogP contribution in [0.15, 0.2) is 24.3 Å². The minimum Gasteiger partial charge on any atom is -0.480 e. The van der Waals surface area contributed by atoms with Gasteiger partial charge in [-0.1, -0.05) is 17.7 Å². The van der Waals surface area contributed by atoms with Gasteiger partial charge in [-0.05, 0) is 38.8 Å². The number of hydrogen-bond acceptors (Lipinski definition) is 3. The maximum atomic E-state index is 12.5. The zero-order chi connectivity index (χ0) is 17.0. The summed E-state index contributed by atoms with van der Waals surface area (Å²) in [7, 11) is 0. The summed E-state index contributed by atoms with van der Waals surface area (Å²) in [6, 6.07) is 6.42. The van der Waals surface area contributed by atoms with E-state index in [4.69, 9.17) is 5.11 Å². The smallest absolute Gasteiger partial charge is 0.325 e. The predicted octanol–water partition coefficient (Wildman–Crippen LogP) is 1.44. The molecule has 0 aromatic heterocycles. The summed E-state index contributed by atoms with van der Waals surface area (Å²) in [5.41, 5.74) is 1.69. The average molecular weight is 318 g/mol. The molecular formula is C17H22N2O4. The van der Waals surface area contributed by atoms with E-state index in [2.05, 4.69) is 5.32 Å². The van der Waals surface area contributed by atoms with Gasteiger partial charge >= 0.3 is 5.97 Å². The van der Waals surface area contributed by atoms with Crippen LogP contribution in [0, 0.1) is 12.8 Å². The van der Waals surface area contributed by atoms with Crippen molar-refractivity contribution in [2.75, 3.05) is 13.1 Å². The summed E-state index contributed by atoms with van der Waals surface area (Å²) in [5.74, 6) is -1.82. The van der Waals surface area contributed by atoms with Crippen molar-refractivity contribution in [1.82, 2.24) is 10.2 Å². The molecule has 1 aromatic rings. The van der Waals surface area contributed by atoms with Crippen LogP contribution in [0.5, 0.6) is 0 Å². The Labute approximate surface area is 135 Å². The molecule has 1 aliphatic rings. The van der Waals surface area contributed by atoms with Gasteiger partial charge in [-0.3, -0.25) is 14.4 Å². The molecule has 6 nitrogen and oxygen atoms in total. The van der Waals surface area contributed by atoms with Crippen molar-refractivity contribution >= 4 is 17.8 Å². The number of carboxylic acid groups (broad SMARTS) is 1. The molecule has 0 radical (unpaired) electrons. The first-order valence-corrected chi connectivity index (χ1v) is 7.77. The lowest BCUT2D eigenvalue weighted by Crippen LogP contribution is -2.48. The number of aliphatic carboxylic acids is 1. The number of nitrogens with zero attached hydrogens (tertiary/aromatic N) is 1. The normalized spacial score (nSPS) is 19.0. The van der Waals surface area contributed by atoms with E-state index in [9.17, 15) is 14.4 Å². The van der Waals surface area contributed by atoms with Gasteiger partial charge in [-0.15, -0.1) is 0 Å². The van der Waals surface area contributed by atoms with Gasteiger partial charge in [-0.25, -0.2) is 0 Å². The molecular weight excluding hydrogens is 296 g/mol. The first-order chi connectivity index (χ1) is 10.9. The highest BCUT2D eigenvalue weighted by atomic mass is 16.4. The second-order valence-electron chi connectivity index (χ2n) is 6.02. The molecule has 1 heterocycles. The number of carboxylic acids is 1. The Hall–Kier alpha value is -2.37. The second-order valence-corrected chi connectivity index (χ2v) is 6.02. The molecule has 1 aromatic carbocycles. The van der Waals surface area contributed by atoms with Crippen LogP contribution in [0.25, 0.3) is 0 Å². The van der Waals surface area contributed by atoms with E-state index < -0.39 is 12.0 Å². The van der Waals surface area contributed by atoms with E-state index in [-0.39, 0.29) is 17.7 Å². The number of nitrogens with one attached hydrogen (secondary N) is 1. The molecule has 1 saturated heterocycles. The zero-order valence-corrected chi connectivity index (χ0v) is 13.4. The first kappa shape index (κ1) is 17.0. The van der Waals surface area contributed by atoms with E-state index in [1.165, 1.54) is 6.92 Å². The monoisotopic (exact) mass is 318 g/mol. The van der Waals surface area contributed by atoms with Crippen LogP contribution < -0.4 is 5.32 Å². The van der Waals surface area contributed by atoms with Crippen LogP contribution in [0.4, 0.5) is 0 Å². The number of benzene rings is 1. The number of amides is 2. The Morgan fingerprint density at radius 1 is 1.26 bits per heavy atom. The maximum Gasteiger partial charge on any atom is 0.325 e. The fraction of sp³-hybridized carbons (Fsp3) is 0.471. The van der Waals surface area contributed by atoms with Crippen molar-refractivity contribution < 1.29 is 19.5 Å². The SMILES string of the molecule is Cc1ccc(C(=O)N2CCCC(C(=O)N[C@@H](C)C(=O)O)C2)cc1.